The van der Waals surface area contributed by atoms with E-state index in [2.05, 4.69) is 15.0 Å². The fourth-order valence-corrected chi connectivity index (χ4v) is 2.58. The van der Waals surface area contributed by atoms with Crippen LogP contribution in [-0.2, 0) is 0 Å². The average Bonchev–Trinajstić information content (AvgIpc) is 2.77. The second kappa shape index (κ2) is 2.77. The van der Waals surface area contributed by atoms with Crippen molar-refractivity contribution < 1.29 is 9.63 Å². The molecule has 3 heterocycles. The minimum atomic E-state index is -0.221. The number of hydrogen-bond acceptors (Lipinski definition) is 5. The molecule has 2 fully saturated rings. The summed E-state index contributed by atoms with van der Waals surface area (Å²) >= 11 is 0. The van der Waals surface area contributed by atoms with Crippen molar-refractivity contribution in [3.05, 3.63) is 11.7 Å². The lowest BCUT2D eigenvalue weighted by Crippen LogP contribution is -2.33. The molecule has 1 aromatic heterocycles. The molecule has 76 valence electrons. The topological polar surface area (TPSA) is 62.4 Å². The van der Waals surface area contributed by atoms with Crippen LogP contribution in [0.4, 0.5) is 0 Å². The van der Waals surface area contributed by atoms with Gasteiger partial charge in [-0.15, -0.1) is 0 Å². The molecule has 2 aliphatic rings. The van der Waals surface area contributed by atoms with Crippen LogP contribution in [0, 0.1) is 12.8 Å². The maximum Gasteiger partial charge on any atom is 0.231 e. The normalized spacial score (nSPS) is 40.7. The Kier molecular flexibility index (Phi) is 1.66. The highest BCUT2D eigenvalue weighted by Crippen LogP contribution is 2.38. The van der Waals surface area contributed by atoms with E-state index in [1.54, 1.807) is 0 Å². The first-order valence-corrected chi connectivity index (χ1v) is 4.94. The van der Waals surface area contributed by atoms with E-state index in [-0.39, 0.29) is 17.9 Å². The molecule has 0 aromatic carbocycles. The number of hydrogen-bond donors (Lipinski definition) is 1. The number of aromatic nitrogens is 2. The molecule has 1 aromatic rings. The molecule has 0 spiro atoms. The molecule has 2 saturated heterocycles. The summed E-state index contributed by atoms with van der Waals surface area (Å²) in [6.45, 7) is 4.53. The quantitative estimate of drug-likeness (QED) is 0.670. The molecule has 4 atom stereocenters. The summed E-state index contributed by atoms with van der Waals surface area (Å²) in [5, 5.41) is 13.5. The van der Waals surface area contributed by atoms with Gasteiger partial charge in [0.2, 0.25) is 5.89 Å². The zero-order valence-corrected chi connectivity index (χ0v) is 8.05. The number of nitrogens with zero attached hydrogens (tertiary/aromatic N) is 3. The summed E-state index contributed by atoms with van der Waals surface area (Å²) in [6, 6.07) is 0. The molecular formula is C9H13N3O2. The van der Waals surface area contributed by atoms with Gasteiger partial charge in [-0.05, 0) is 6.92 Å². The number of aliphatic hydroxyl groups excluding tert-OH is 1. The van der Waals surface area contributed by atoms with Crippen molar-refractivity contribution in [3.8, 4) is 0 Å². The van der Waals surface area contributed by atoms with Gasteiger partial charge in [0, 0.05) is 25.6 Å². The fraction of sp³-hybridized carbons (Fsp3) is 0.778. The van der Waals surface area contributed by atoms with Crippen LogP contribution in [-0.4, -0.2) is 45.9 Å². The summed E-state index contributed by atoms with van der Waals surface area (Å²) in [7, 11) is 0. The van der Waals surface area contributed by atoms with Gasteiger partial charge in [0.25, 0.3) is 0 Å². The van der Waals surface area contributed by atoms with Crippen LogP contribution in [0.1, 0.15) is 17.6 Å². The molecule has 0 saturated carbocycles. The van der Waals surface area contributed by atoms with E-state index in [9.17, 15) is 5.11 Å². The molecular weight excluding hydrogens is 182 g/mol. The fourth-order valence-electron chi connectivity index (χ4n) is 2.58. The smallest absolute Gasteiger partial charge is 0.231 e. The third-order valence-electron chi connectivity index (χ3n) is 3.24. The molecule has 5 heteroatoms. The minimum absolute atomic E-state index is 0.221. The predicted molar refractivity (Wildman–Crippen MR) is 47.7 cm³/mol. The van der Waals surface area contributed by atoms with Crippen LogP contribution in [0.3, 0.4) is 0 Å². The van der Waals surface area contributed by atoms with E-state index in [0.717, 1.165) is 19.6 Å². The molecule has 3 rings (SSSR count). The Hall–Kier alpha value is -0.940. The first-order valence-electron chi connectivity index (χ1n) is 4.94. The van der Waals surface area contributed by atoms with Gasteiger partial charge in [-0.3, -0.25) is 4.90 Å². The van der Waals surface area contributed by atoms with Gasteiger partial charge in [-0.1, -0.05) is 5.16 Å². The van der Waals surface area contributed by atoms with E-state index in [1.165, 1.54) is 0 Å². The van der Waals surface area contributed by atoms with E-state index >= 15 is 0 Å². The average molecular weight is 195 g/mol. The molecule has 0 radical (unpaired) electrons. The molecule has 2 aliphatic heterocycles. The largest absolute Gasteiger partial charge is 0.391 e. The highest BCUT2D eigenvalue weighted by molar-refractivity contribution is 5.08. The first kappa shape index (κ1) is 8.38. The van der Waals surface area contributed by atoms with Gasteiger partial charge in [0.1, 0.15) is 0 Å². The van der Waals surface area contributed by atoms with Gasteiger partial charge >= 0.3 is 0 Å². The number of aryl methyl sites for hydroxylation is 1. The summed E-state index contributed by atoms with van der Waals surface area (Å²) in [6.07, 6.45) is -0.221. The van der Waals surface area contributed by atoms with Crippen molar-refractivity contribution in [2.75, 3.05) is 19.6 Å². The maximum absolute atomic E-state index is 9.73. The Morgan fingerprint density at radius 1 is 1.43 bits per heavy atom. The Morgan fingerprint density at radius 3 is 2.86 bits per heavy atom. The van der Waals surface area contributed by atoms with Gasteiger partial charge in [-0.25, -0.2) is 0 Å². The Labute approximate surface area is 81.7 Å². The highest BCUT2D eigenvalue weighted by Gasteiger charge is 2.47. The molecule has 14 heavy (non-hydrogen) atoms. The molecule has 5 nitrogen and oxygen atoms in total. The van der Waals surface area contributed by atoms with Crippen LogP contribution in [0.2, 0.25) is 0 Å². The molecule has 2 bridgehead atoms. The number of rotatable bonds is 1. The lowest BCUT2D eigenvalue weighted by Gasteiger charge is -2.23. The Bertz CT molecular complexity index is 352. The second-order valence-corrected chi connectivity index (χ2v) is 4.24. The Morgan fingerprint density at radius 2 is 2.29 bits per heavy atom. The Balaban J connectivity index is 1.87. The van der Waals surface area contributed by atoms with Crippen LogP contribution in [0.5, 0.6) is 0 Å². The summed E-state index contributed by atoms with van der Waals surface area (Å²) < 4.78 is 5.15. The van der Waals surface area contributed by atoms with E-state index in [0.29, 0.717) is 11.7 Å². The molecule has 0 aliphatic carbocycles. The lowest BCUT2D eigenvalue weighted by molar-refractivity contribution is 0.0974. The van der Waals surface area contributed by atoms with Crippen molar-refractivity contribution in [2.45, 2.75) is 18.9 Å². The van der Waals surface area contributed by atoms with Crippen molar-refractivity contribution in [2.24, 2.45) is 5.92 Å². The summed E-state index contributed by atoms with van der Waals surface area (Å²) in [5.74, 6) is 1.89. The standard InChI is InChI=1S/C9H13N3O2/c1-5-10-9(14-11-5)7-3-12-2-6(7)8(13)4-12/h6-8,13H,2-4H2,1H3. The SMILES string of the molecule is Cc1noc(C2CN3CC(O)C2C3)n1. The number of fused-ring (bicyclic) bond motifs is 2. The second-order valence-electron chi connectivity index (χ2n) is 4.24. The monoisotopic (exact) mass is 195 g/mol. The zero-order chi connectivity index (χ0) is 9.71. The third-order valence-corrected chi connectivity index (χ3v) is 3.24. The maximum atomic E-state index is 9.73. The third kappa shape index (κ3) is 1.09. The van der Waals surface area contributed by atoms with Crippen molar-refractivity contribution in [1.82, 2.24) is 15.0 Å². The van der Waals surface area contributed by atoms with E-state index < -0.39 is 0 Å². The zero-order valence-electron chi connectivity index (χ0n) is 8.05. The van der Waals surface area contributed by atoms with Crippen molar-refractivity contribution in [3.63, 3.8) is 0 Å². The van der Waals surface area contributed by atoms with Crippen molar-refractivity contribution in [1.29, 1.82) is 0 Å². The van der Waals surface area contributed by atoms with Crippen LogP contribution >= 0.6 is 0 Å². The van der Waals surface area contributed by atoms with Crippen LogP contribution in [0.25, 0.3) is 0 Å². The summed E-state index contributed by atoms with van der Waals surface area (Å²) in [5.41, 5.74) is 0. The van der Waals surface area contributed by atoms with E-state index in [1.807, 2.05) is 6.92 Å². The first-order chi connectivity index (χ1) is 6.74. The lowest BCUT2D eigenvalue weighted by atomic mass is 9.90. The van der Waals surface area contributed by atoms with Crippen molar-refractivity contribution >= 4 is 0 Å². The molecule has 1 N–H and O–H groups in total. The summed E-state index contributed by atoms with van der Waals surface area (Å²) in [4.78, 5) is 6.48. The number of aliphatic hydroxyl groups is 1. The number of piperidine rings is 1. The molecule has 0 amide bonds. The van der Waals surface area contributed by atoms with E-state index in [4.69, 9.17) is 4.52 Å². The van der Waals surface area contributed by atoms with Gasteiger partial charge in [0.05, 0.1) is 12.0 Å². The minimum Gasteiger partial charge on any atom is -0.391 e. The van der Waals surface area contributed by atoms with Crippen LogP contribution in [0.15, 0.2) is 4.52 Å². The predicted octanol–water partition coefficient (Wildman–Crippen LogP) is -0.232. The van der Waals surface area contributed by atoms with Gasteiger partial charge in [0.15, 0.2) is 5.82 Å². The highest BCUT2D eigenvalue weighted by atomic mass is 16.5. The van der Waals surface area contributed by atoms with Crippen LogP contribution < -0.4 is 0 Å². The van der Waals surface area contributed by atoms with Gasteiger partial charge < -0.3 is 9.63 Å². The molecule has 4 unspecified atom stereocenters. The van der Waals surface area contributed by atoms with Gasteiger partial charge in [-0.2, -0.15) is 4.98 Å².